The molecule has 1 saturated carbocycles. The Morgan fingerprint density at radius 2 is 2.04 bits per heavy atom. The van der Waals surface area contributed by atoms with E-state index in [-0.39, 0.29) is 11.4 Å². The number of aromatic nitrogens is 1. The summed E-state index contributed by atoms with van der Waals surface area (Å²) in [5, 5.41) is 14.9. The Balaban J connectivity index is 1.82. The molecule has 6 heteroatoms. The van der Waals surface area contributed by atoms with Gasteiger partial charge < -0.3 is 21.4 Å². The minimum atomic E-state index is -0.270. The van der Waals surface area contributed by atoms with E-state index < -0.39 is 0 Å². The first-order chi connectivity index (χ1) is 12.2. The molecule has 1 heterocycles. The number of nitrogens with one attached hydrogen (secondary N) is 4. The van der Waals surface area contributed by atoms with Gasteiger partial charge in [0.2, 0.25) is 0 Å². The Kier molecular flexibility index (Phi) is 5.50. The molecular formula is C19H25N5O. The van der Waals surface area contributed by atoms with E-state index in [9.17, 15) is 4.79 Å². The lowest BCUT2D eigenvalue weighted by Crippen LogP contribution is -2.29. The molecule has 1 aliphatic rings. The number of hydrogen-bond acceptors (Lipinski definition) is 4. The van der Waals surface area contributed by atoms with Crippen LogP contribution < -0.4 is 21.9 Å². The first kappa shape index (κ1) is 17.2. The van der Waals surface area contributed by atoms with Gasteiger partial charge in [0, 0.05) is 24.5 Å². The van der Waals surface area contributed by atoms with Crippen molar-refractivity contribution in [2.24, 2.45) is 5.73 Å². The summed E-state index contributed by atoms with van der Waals surface area (Å²) in [5.74, 6) is 0.0781. The largest absolute Gasteiger partial charge is 0.382 e. The average molecular weight is 339 g/mol. The lowest BCUT2D eigenvalue weighted by atomic mass is 9.95. The van der Waals surface area contributed by atoms with Crippen LogP contribution in [0.4, 0.5) is 11.4 Å². The topological polar surface area (TPSA) is 107 Å². The van der Waals surface area contributed by atoms with Crippen molar-refractivity contribution in [2.45, 2.75) is 44.7 Å². The van der Waals surface area contributed by atoms with Crippen molar-refractivity contribution in [3.8, 4) is 0 Å². The number of benzene rings is 1. The number of hydrogen-bond donors (Lipinski definition) is 5. The van der Waals surface area contributed by atoms with Gasteiger partial charge in [-0.3, -0.25) is 10.2 Å². The zero-order valence-electron chi connectivity index (χ0n) is 14.3. The highest BCUT2D eigenvalue weighted by Crippen LogP contribution is 2.23. The van der Waals surface area contributed by atoms with Crippen LogP contribution in [0.25, 0.3) is 0 Å². The van der Waals surface area contributed by atoms with Crippen molar-refractivity contribution in [3.05, 3.63) is 58.0 Å². The maximum absolute atomic E-state index is 12.3. The molecule has 6 nitrogen and oxygen atoms in total. The van der Waals surface area contributed by atoms with Crippen LogP contribution in [0.15, 0.2) is 41.3 Å². The summed E-state index contributed by atoms with van der Waals surface area (Å²) in [7, 11) is 0. The predicted octanol–water partition coefficient (Wildman–Crippen LogP) is 3.02. The third-order valence-electron chi connectivity index (χ3n) is 4.61. The quantitative estimate of drug-likeness (QED) is 0.426. The van der Waals surface area contributed by atoms with Gasteiger partial charge in [0.15, 0.2) is 0 Å². The molecule has 0 spiro atoms. The third-order valence-corrected chi connectivity index (χ3v) is 4.61. The fraction of sp³-hybridized carbons (Fsp3) is 0.368. The molecule has 0 unspecified atom stereocenters. The molecule has 2 aromatic rings. The number of nitrogens with two attached hydrogens (primary N) is 1. The first-order valence-electron chi connectivity index (χ1n) is 8.80. The van der Waals surface area contributed by atoms with E-state index in [4.69, 9.17) is 11.1 Å². The van der Waals surface area contributed by atoms with Crippen molar-refractivity contribution in [1.29, 1.82) is 5.41 Å². The zero-order chi connectivity index (χ0) is 17.6. The van der Waals surface area contributed by atoms with Crippen LogP contribution in [-0.4, -0.2) is 16.9 Å². The molecule has 0 saturated heterocycles. The van der Waals surface area contributed by atoms with E-state index in [1.807, 2.05) is 30.3 Å². The zero-order valence-corrected chi connectivity index (χ0v) is 14.3. The van der Waals surface area contributed by atoms with Crippen molar-refractivity contribution < 1.29 is 0 Å². The van der Waals surface area contributed by atoms with Crippen LogP contribution >= 0.6 is 0 Å². The van der Waals surface area contributed by atoms with E-state index in [2.05, 4.69) is 15.6 Å². The molecule has 0 radical (unpaired) electrons. The van der Waals surface area contributed by atoms with Gasteiger partial charge in [-0.1, -0.05) is 31.4 Å². The van der Waals surface area contributed by atoms with Crippen molar-refractivity contribution in [1.82, 2.24) is 4.98 Å². The monoisotopic (exact) mass is 339 g/mol. The Morgan fingerprint density at radius 3 is 2.80 bits per heavy atom. The molecule has 132 valence electrons. The second-order valence-corrected chi connectivity index (χ2v) is 6.48. The lowest BCUT2D eigenvalue weighted by molar-refractivity contribution is 0.462. The van der Waals surface area contributed by atoms with Gasteiger partial charge >= 0.3 is 0 Å². The number of rotatable bonds is 5. The number of pyridine rings is 1. The van der Waals surface area contributed by atoms with E-state index >= 15 is 0 Å². The molecular weight excluding hydrogens is 314 g/mol. The van der Waals surface area contributed by atoms with E-state index in [1.54, 1.807) is 6.20 Å². The van der Waals surface area contributed by atoms with Crippen LogP contribution in [0, 0.1) is 5.41 Å². The predicted molar refractivity (Wildman–Crippen MR) is 102 cm³/mol. The van der Waals surface area contributed by atoms with E-state index in [0.29, 0.717) is 23.8 Å². The smallest absolute Gasteiger partial charge is 0.261 e. The van der Waals surface area contributed by atoms with Crippen LogP contribution in [0.1, 0.15) is 43.2 Å². The SMILES string of the molecule is N=C(Nc1cccc(CN)c1)c1c(NC2CCCCC2)cc[nH]c1=O. The van der Waals surface area contributed by atoms with Crippen molar-refractivity contribution in [3.63, 3.8) is 0 Å². The average Bonchev–Trinajstić information content (AvgIpc) is 2.62. The lowest BCUT2D eigenvalue weighted by Gasteiger charge is -2.25. The standard InChI is InChI=1S/C19H25N5O/c20-12-13-5-4-8-15(11-13)24-18(21)17-16(9-10-22-19(17)25)23-14-6-2-1-3-7-14/h4-5,8-11,14H,1-3,6-7,12,20H2,(H2,21,24)(H2,22,23,25). The van der Waals surface area contributed by atoms with Gasteiger partial charge in [0.05, 0.1) is 5.69 Å². The second-order valence-electron chi connectivity index (χ2n) is 6.48. The molecule has 3 rings (SSSR count). The fourth-order valence-corrected chi connectivity index (χ4v) is 3.30. The summed E-state index contributed by atoms with van der Waals surface area (Å²) in [5.41, 5.74) is 8.17. The van der Waals surface area contributed by atoms with Crippen molar-refractivity contribution >= 4 is 17.2 Å². The van der Waals surface area contributed by atoms with Gasteiger partial charge in [-0.25, -0.2) is 0 Å². The van der Waals surface area contributed by atoms with E-state index in [0.717, 1.165) is 24.1 Å². The summed E-state index contributed by atoms with van der Waals surface area (Å²) in [6.45, 7) is 0.434. The molecule has 0 atom stereocenters. The highest BCUT2D eigenvalue weighted by molar-refractivity contribution is 6.09. The molecule has 6 N–H and O–H groups in total. The Bertz CT molecular complexity index is 792. The minimum absolute atomic E-state index is 0.0781. The summed E-state index contributed by atoms with van der Waals surface area (Å²) >= 11 is 0. The molecule has 1 aliphatic carbocycles. The number of H-pyrrole nitrogens is 1. The minimum Gasteiger partial charge on any atom is -0.382 e. The molecule has 0 aliphatic heterocycles. The highest BCUT2D eigenvalue weighted by Gasteiger charge is 2.18. The van der Waals surface area contributed by atoms with Crippen LogP contribution in [0.5, 0.6) is 0 Å². The summed E-state index contributed by atoms with van der Waals surface area (Å²) in [6, 6.07) is 9.76. The molecule has 1 aromatic carbocycles. The highest BCUT2D eigenvalue weighted by atomic mass is 16.1. The Morgan fingerprint density at radius 1 is 1.24 bits per heavy atom. The van der Waals surface area contributed by atoms with Crippen molar-refractivity contribution in [2.75, 3.05) is 10.6 Å². The molecule has 0 amide bonds. The maximum Gasteiger partial charge on any atom is 0.261 e. The van der Waals surface area contributed by atoms with Gasteiger partial charge in [0.25, 0.3) is 5.56 Å². The van der Waals surface area contributed by atoms with Gasteiger partial charge in [-0.15, -0.1) is 0 Å². The van der Waals surface area contributed by atoms with Crippen LogP contribution in [0.2, 0.25) is 0 Å². The van der Waals surface area contributed by atoms with Crippen LogP contribution in [-0.2, 0) is 6.54 Å². The first-order valence-corrected chi connectivity index (χ1v) is 8.80. The molecule has 25 heavy (non-hydrogen) atoms. The molecule has 1 aromatic heterocycles. The van der Waals surface area contributed by atoms with Crippen LogP contribution in [0.3, 0.4) is 0 Å². The maximum atomic E-state index is 12.3. The number of amidine groups is 1. The Labute approximate surface area is 147 Å². The van der Waals surface area contributed by atoms with Gasteiger partial charge in [-0.2, -0.15) is 0 Å². The number of aromatic amines is 1. The van der Waals surface area contributed by atoms with Gasteiger partial charge in [0.1, 0.15) is 11.4 Å². The molecule has 0 bridgehead atoms. The summed E-state index contributed by atoms with van der Waals surface area (Å²) in [4.78, 5) is 15.0. The van der Waals surface area contributed by atoms with Gasteiger partial charge in [-0.05, 0) is 36.6 Å². The Hall–Kier alpha value is -2.60. The summed E-state index contributed by atoms with van der Waals surface area (Å²) < 4.78 is 0. The van der Waals surface area contributed by atoms with E-state index in [1.165, 1.54) is 19.3 Å². The fourth-order valence-electron chi connectivity index (χ4n) is 3.30. The second kappa shape index (κ2) is 7.98. The normalized spacial score (nSPS) is 14.9. The third kappa shape index (κ3) is 4.28. The summed E-state index contributed by atoms with van der Waals surface area (Å²) in [6.07, 6.45) is 7.52. The number of anilines is 2. The molecule has 1 fully saturated rings.